The number of nitrogens with zero attached hydrogens (tertiary/aromatic N) is 3. The molecule has 6 nitrogen and oxygen atoms in total. The van der Waals surface area contributed by atoms with Crippen molar-refractivity contribution in [1.29, 1.82) is 0 Å². The van der Waals surface area contributed by atoms with Crippen LogP contribution in [0.3, 0.4) is 0 Å². The number of ether oxygens (including phenoxy) is 1. The highest BCUT2D eigenvalue weighted by Crippen LogP contribution is 2.42. The molecule has 0 aromatic carbocycles. The van der Waals surface area contributed by atoms with Gasteiger partial charge in [0.2, 0.25) is 0 Å². The zero-order valence-electron chi connectivity index (χ0n) is 15.7. The summed E-state index contributed by atoms with van der Waals surface area (Å²) in [6.45, 7) is 1.82. The normalized spacial score (nSPS) is 27.9. The maximum atomic E-state index is 12.5. The minimum Gasteiger partial charge on any atom is -0.377 e. The van der Waals surface area contributed by atoms with E-state index >= 15 is 0 Å². The van der Waals surface area contributed by atoms with Crippen molar-refractivity contribution < 1.29 is 9.53 Å². The van der Waals surface area contributed by atoms with Gasteiger partial charge >= 0.3 is 0 Å². The topological polar surface area (TPSA) is 67.3 Å². The van der Waals surface area contributed by atoms with E-state index in [1.807, 2.05) is 25.4 Å². The van der Waals surface area contributed by atoms with Gasteiger partial charge in [0.1, 0.15) is 0 Å². The number of hydrogen-bond acceptors (Lipinski definition) is 5. The number of amides is 1. The predicted molar refractivity (Wildman–Crippen MR) is 102 cm³/mol. The number of rotatable bonds is 5. The first-order valence-electron chi connectivity index (χ1n) is 9.60. The van der Waals surface area contributed by atoms with Crippen LogP contribution < -0.4 is 5.32 Å². The van der Waals surface area contributed by atoms with Gasteiger partial charge in [0.25, 0.3) is 5.91 Å². The fourth-order valence-electron chi connectivity index (χ4n) is 4.58. The third kappa shape index (κ3) is 3.73. The average molecular weight is 366 g/mol. The van der Waals surface area contributed by atoms with Gasteiger partial charge in [-0.2, -0.15) is 0 Å². The highest BCUT2D eigenvalue weighted by molar-refractivity contribution is 5.94. The Balaban J connectivity index is 1.46. The molecule has 2 fully saturated rings. The largest absolute Gasteiger partial charge is 0.377 e. The van der Waals surface area contributed by atoms with Crippen LogP contribution in [0.1, 0.15) is 41.7 Å². The first-order chi connectivity index (χ1) is 13.2. The fourth-order valence-corrected chi connectivity index (χ4v) is 4.58. The van der Waals surface area contributed by atoms with E-state index in [4.69, 9.17) is 4.74 Å². The number of aromatic nitrogens is 2. The lowest BCUT2D eigenvalue weighted by atomic mass is 9.78. The van der Waals surface area contributed by atoms with E-state index in [2.05, 4.69) is 26.3 Å². The quantitative estimate of drug-likeness (QED) is 0.880. The summed E-state index contributed by atoms with van der Waals surface area (Å²) in [6, 6.07) is 10.1. The summed E-state index contributed by atoms with van der Waals surface area (Å²) in [5, 5.41) is 3.20. The molecule has 0 bridgehead atoms. The van der Waals surface area contributed by atoms with E-state index in [1.54, 1.807) is 24.5 Å². The number of carbonyl (C=O) groups is 1. The summed E-state index contributed by atoms with van der Waals surface area (Å²) in [7, 11) is 1.83. The summed E-state index contributed by atoms with van der Waals surface area (Å²) in [6.07, 6.45) is 8.96. The molecule has 3 atom stereocenters. The Kier molecular flexibility index (Phi) is 5.18. The maximum Gasteiger partial charge on any atom is 0.253 e. The molecule has 0 unspecified atom stereocenters. The molecular formula is C21H26N4O2. The molecule has 1 aliphatic carbocycles. The maximum absolute atomic E-state index is 12.5. The molecule has 3 heterocycles. The zero-order valence-corrected chi connectivity index (χ0v) is 15.7. The van der Waals surface area contributed by atoms with Gasteiger partial charge in [0, 0.05) is 50.9 Å². The van der Waals surface area contributed by atoms with E-state index < -0.39 is 0 Å². The molecule has 1 amide bonds. The fraction of sp³-hybridized carbons (Fsp3) is 0.476. The summed E-state index contributed by atoms with van der Waals surface area (Å²) >= 11 is 0. The minimum absolute atomic E-state index is 0.0488. The van der Waals surface area contributed by atoms with Gasteiger partial charge in [-0.3, -0.25) is 19.7 Å². The lowest BCUT2D eigenvalue weighted by Crippen LogP contribution is -2.54. The Morgan fingerprint density at radius 1 is 1.30 bits per heavy atom. The Hall–Kier alpha value is -2.31. The molecule has 2 aromatic heterocycles. The number of pyridine rings is 2. The van der Waals surface area contributed by atoms with Crippen LogP contribution in [0.2, 0.25) is 0 Å². The molecule has 1 saturated carbocycles. The van der Waals surface area contributed by atoms with Gasteiger partial charge in [-0.1, -0.05) is 6.07 Å². The third-order valence-corrected chi connectivity index (χ3v) is 6.05. The van der Waals surface area contributed by atoms with Crippen LogP contribution in [-0.4, -0.2) is 52.1 Å². The molecule has 6 heteroatoms. The van der Waals surface area contributed by atoms with Crippen LogP contribution in [0.15, 0.2) is 48.9 Å². The Bertz CT molecular complexity index is 770. The summed E-state index contributed by atoms with van der Waals surface area (Å²) < 4.78 is 6.02. The smallest absolute Gasteiger partial charge is 0.253 e. The van der Waals surface area contributed by atoms with Crippen molar-refractivity contribution in [1.82, 2.24) is 20.2 Å². The van der Waals surface area contributed by atoms with E-state index in [0.29, 0.717) is 5.56 Å². The van der Waals surface area contributed by atoms with Gasteiger partial charge in [-0.15, -0.1) is 0 Å². The molecular weight excluding hydrogens is 340 g/mol. The molecule has 27 heavy (non-hydrogen) atoms. The highest BCUT2D eigenvalue weighted by Gasteiger charge is 2.51. The zero-order chi connectivity index (χ0) is 18.7. The molecule has 1 aliphatic heterocycles. The SMILES string of the molecule is CO[C@@]12CC[C@@H](NC(=O)c3cccnc3)C[C@@H]1N(Cc1ccccn1)CC2. The monoisotopic (exact) mass is 366 g/mol. The Morgan fingerprint density at radius 3 is 2.96 bits per heavy atom. The molecule has 0 radical (unpaired) electrons. The molecule has 142 valence electrons. The van der Waals surface area contributed by atoms with Crippen molar-refractivity contribution in [2.75, 3.05) is 13.7 Å². The van der Waals surface area contributed by atoms with Crippen LogP contribution in [0.5, 0.6) is 0 Å². The number of likely N-dealkylation sites (tertiary alicyclic amines) is 1. The van der Waals surface area contributed by atoms with Gasteiger partial charge < -0.3 is 10.1 Å². The summed E-state index contributed by atoms with van der Waals surface area (Å²) in [5.41, 5.74) is 1.58. The first-order valence-corrected chi connectivity index (χ1v) is 9.60. The second-order valence-electron chi connectivity index (χ2n) is 7.51. The van der Waals surface area contributed by atoms with Gasteiger partial charge in [-0.05, 0) is 49.9 Å². The number of methoxy groups -OCH3 is 1. The Labute approximate surface area is 160 Å². The standard InChI is InChI=1S/C21H26N4O2/c1-27-21-8-7-17(24-20(26)16-5-4-10-22-14-16)13-19(21)25(12-9-21)15-18-6-2-3-11-23-18/h2-6,10-11,14,17,19H,7-9,12-13,15H2,1H3,(H,24,26)/t17-,19+,21-/m1/s1. The summed E-state index contributed by atoms with van der Waals surface area (Å²) in [4.78, 5) is 23.5. The lowest BCUT2D eigenvalue weighted by molar-refractivity contribution is -0.0679. The number of nitrogens with one attached hydrogen (secondary N) is 1. The molecule has 2 aliphatic rings. The van der Waals surface area contributed by atoms with E-state index in [-0.39, 0.29) is 23.6 Å². The van der Waals surface area contributed by atoms with Crippen LogP contribution in [-0.2, 0) is 11.3 Å². The van der Waals surface area contributed by atoms with Crippen molar-refractivity contribution in [3.8, 4) is 0 Å². The molecule has 4 rings (SSSR count). The van der Waals surface area contributed by atoms with Gasteiger partial charge in [-0.25, -0.2) is 0 Å². The van der Waals surface area contributed by atoms with Crippen LogP contribution in [0.4, 0.5) is 0 Å². The van der Waals surface area contributed by atoms with Crippen molar-refractivity contribution in [3.05, 3.63) is 60.2 Å². The van der Waals surface area contributed by atoms with Crippen LogP contribution >= 0.6 is 0 Å². The third-order valence-electron chi connectivity index (χ3n) is 6.05. The van der Waals surface area contributed by atoms with E-state index in [0.717, 1.165) is 44.5 Å². The van der Waals surface area contributed by atoms with Crippen LogP contribution in [0, 0.1) is 0 Å². The first kappa shape index (κ1) is 18.1. The molecule has 1 saturated heterocycles. The highest BCUT2D eigenvalue weighted by atomic mass is 16.5. The Morgan fingerprint density at radius 2 is 2.22 bits per heavy atom. The summed E-state index contributed by atoms with van der Waals surface area (Å²) in [5.74, 6) is -0.0488. The minimum atomic E-state index is -0.107. The van der Waals surface area contributed by atoms with Crippen molar-refractivity contribution >= 4 is 5.91 Å². The second kappa shape index (κ2) is 7.74. The van der Waals surface area contributed by atoms with Crippen molar-refractivity contribution in [2.45, 2.75) is 49.9 Å². The second-order valence-corrected chi connectivity index (χ2v) is 7.51. The average Bonchev–Trinajstić information content (AvgIpc) is 3.08. The number of carbonyl (C=O) groups excluding carboxylic acids is 1. The molecule has 0 spiro atoms. The molecule has 1 N–H and O–H groups in total. The van der Waals surface area contributed by atoms with Gasteiger partial charge in [0.05, 0.1) is 16.9 Å². The van der Waals surface area contributed by atoms with Crippen molar-refractivity contribution in [3.63, 3.8) is 0 Å². The van der Waals surface area contributed by atoms with Crippen molar-refractivity contribution in [2.24, 2.45) is 0 Å². The number of fused-ring (bicyclic) bond motifs is 1. The van der Waals surface area contributed by atoms with Crippen LogP contribution in [0.25, 0.3) is 0 Å². The van der Waals surface area contributed by atoms with Gasteiger partial charge in [0.15, 0.2) is 0 Å². The number of hydrogen-bond donors (Lipinski definition) is 1. The van der Waals surface area contributed by atoms with E-state index in [1.165, 1.54) is 0 Å². The lowest BCUT2D eigenvalue weighted by Gasteiger charge is -2.44. The predicted octanol–water partition coefficient (Wildman–Crippen LogP) is 2.42. The van der Waals surface area contributed by atoms with E-state index in [9.17, 15) is 4.79 Å². The molecule has 2 aromatic rings.